The molecule has 0 fully saturated rings. The van der Waals surface area contributed by atoms with Crippen molar-refractivity contribution in [2.24, 2.45) is 0 Å². The van der Waals surface area contributed by atoms with Crippen LogP contribution in [0.1, 0.15) is 34.8 Å². The van der Waals surface area contributed by atoms with Crippen LogP contribution in [0.25, 0.3) is 0 Å². The summed E-state index contributed by atoms with van der Waals surface area (Å²) in [6.45, 7) is 4.01. The lowest BCUT2D eigenvalue weighted by molar-refractivity contribution is 0.0985. The van der Waals surface area contributed by atoms with E-state index in [1.54, 1.807) is 19.9 Å². The standard InChI is InChI=1S/C17H18O3/c1-3-15(18)17-12(2)9-14(10-16(17)19)20-11-13-7-5-4-6-8-13/h4-10,19H,3,11H2,1-2H3. The molecular weight excluding hydrogens is 252 g/mol. The second-order valence-corrected chi connectivity index (χ2v) is 4.69. The van der Waals surface area contributed by atoms with Crippen LogP contribution in [-0.2, 0) is 6.61 Å². The monoisotopic (exact) mass is 270 g/mol. The van der Waals surface area contributed by atoms with Gasteiger partial charge in [0, 0.05) is 12.5 Å². The number of hydrogen-bond acceptors (Lipinski definition) is 3. The number of aryl methyl sites for hydroxylation is 1. The van der Waals surface area contributed by atoms with Crippen molar-refractivity contribution in [3.63, 3.8) is 0 Å². The van der Waals surface area contributed by atoms with Crippen molar-refractivity contribution >= 4 is 5.78 Å². The molecule has 0 aliphatic heterocycles. The Balaban J connectivity index is 2.16. The van der Waals surface area contributed by atoms with Crippen LogP contribution >= 0.6 is 0 Å². The van der Waals surface area contributed by atoms with Gasteiger partial charge in [-0.25, -0.2) is 0 Å². The highest BCUT2D eigenvalue weighted by Crippen LogP contribution is 2.29. The lowest BCUT2D eigenvalue weighted by Gasteiger charge is -2.11. The molecule has 0 unspecified atom stereocenters. The molecule has 0 spiro atoms. The van der Waals surface area contributed by atoms with Gasteiger partial charge in [0.05, 0.1) is 5.56 Å². The molecule has 0 atom stereocenters. The van der Waals surface area contributed by atoms with E-state index >= 15 is 0 Å². The topological polar surface area (TPSA) is 46.5 Å². The molecule has 0 aliphatic carbocycles. The number of benzene rings is 2. The second kappa shape index (κ2) is 6.24. The first-order valence-electron chi connectivity index (χ1n) is 6.65. The Morgan fingerprint density at radius 1 is 1.20 bits per heavy atom. The van der Waals surface area contributed by atoms with Crippen LogP contribution in [0.4, 0.5) is 0 Å². The molecule has 0 aliphatic rings. The quantitative estimate of drug-likeness (QED) is 0.839. The number of carbonyl (C=O) groups excluding carboxylic acids is 1. The highest BCUT2D eigenvalue weighted by Gasteiger charge is 2.14. The van der Waals surface area contributed by atoms with Crippen LogP contribution in [0.2, 0.25) is 0 Å². The number of aromatic hydroxyl groups is 1. The first kappa shape index (κ1) is 14.1. The maximum atomic E-state index is 11.7. The maximum Gasteiger partial charge on any atom is 0.166 e. The molecule has 104 valence electrons. The van der Waals surface area contributed by atoms with Gasteiger partial charge in [0.2, 0.25) is 0 Å². The first-order valence-corrected chi connectivity index (χ1v) is 6.65. The predicted molar refractivity (Wildman–Crippen MR) is 78.2 cm³/mol. The normalized spacial score (nSPS) is 10.3. The van der Waals surface area contributed by atoms with Gasteiger partial charge in [-0.15, -0.1) is 0 Å². The summed E-state index contributed by atoms with van der Waals surface area (Å²) in [6.07, 6.45) is 0.374. The zero-order valence-corrected chi connectivity index (χ0v) is 11.7. The number of ether oxygens (including phenoxy) is 1. The number of Topliss-reactive ketones (excluding diaryl/α,β-unsaturated/α-hetero) is 1. The smallest absolute Gasteiger partial charge is 0.166 e. The van der Waals surface area contributed by atoms with E-state index in [1.165, 1.54) is 6.07 Å². The Morgan fingerprint density at radius 2 is 1.90 bits per heavy atom. The van der Waals surface area contributed by atoms with E-state index in [1.807, 2.05) is 30.3 Å². The second-order valence-electron chi connectivity index (χ2n) is 4.69. The van der Waals surface area contributed by atoms with Gasteiger partial charge in [-0.05, 0) is 24.1 Å². The van der Waals surface area contributed by atoms with Crippen LogP contribution in [0.15, 0.2) is 42.5 Å². The fourth-order valence-corrected chi connectivity index (χ4v) is 2.10. The van der Waals surface area contributed by atoms with E-state index in [4.69, 9.17) is 4.74 Å². The minimum atomic E-state index is -0.0605. The van der Waals surface area contributed by atoms with E-state index < -0.39 is 0 Å². The third kappa shape index (κ3) is 3.18. The molecule has 2 rings (SSSR count). The minimum Gasteiger partial charge on any atom is -0.507 e. The average molecular weight is 270 g/mol. The lowest BCUT2D eigenvalue weighted by Crippen LogP contribution is -2.02. The van der Waals surface area contributed by atoms with E-state index in [9.17, 15) is 9.90 Å². The van der Waals surface area contributed by atoms with Crippen molar-refractivity contribution in [1.29, 1.82) is 0 Å². The molecule has 0 aromatic heterocycles. The van der Waals surface area contributed by atoms with Crippen molar-refractivity contribution in [3.05, 3.63) is 59.2 Å². The van der Waals surface area contributed by atoms with Gasteiger partial charge < -0.3 is 9.84 Å². The summed E-state index contributed by atoms with van der Waals surface area (Å²) in [4.78, 5) is 11.7. The SMILES string of the molecule is CCC(=O)c1c(C)cc(OCc2ccccc2)cc1O. The van der Waals surface area contributed by atoms with E-state index in [2.05, 4.69) is 0 Å². The van der Waals surface area contributed by atoms with Crippen LogP contribution in [0.5, 0.6) is 11.5 Å². The predicted octanol–water partition coefficient (Wildman–Crippen LogP) is 3.87. The fourth-order valence-electron chi connectivity index (χ4n) is 2.10. The number of carbonyl (C=O) groups is 1. The first-order chi connectivity index (χ1) is 9.61. The van der Waals surface area contributed by atoms with Gasteiger partial charge in [-0.2, -0.15) is 0 Å². The molecule has 2 aromatic carbocycles. The Morgan fingerprint density at radius 3 is 2.50 bits per heavy atom. The Hall–Kier alpha value is -2.29. The Bertz CT molecular complexity index is 580. The molecule has 2 aromatic rings. The highest BCUT2D eigenvalue weighted by atomic mass is 16.5. The van der Waals surface area contributed by atoms with Gasteiger partial charge in [0.1, 0.15) is 18.1 Å². The van der Waals surface area contributed by atoms with Crippen molar-refractivity contribution in [3.8, 4) is 11.5 Å². The largest absolute Gasteiger partial charge is 0.507 e. The van der Waals surface area contributed by atoms with Crippen molar-refractivity contribution in [2.75, 3.05) is 0 Å². The van der Waals surface area contributed by atoms with Crippen LogP contribution in [0, 0.1) is 6.92 Å². The molecule has 0 heterocycles. The number of rotatable bonds is 5. The van der Waals surface area contributed by atoms with Crippen molar-refractivity contribution in [2.45, 2.75) is 26.9 Å². The van der Waals surface area contributed by atoms with Gasteiger partial charge in [0.15, 0.2) is 5.78 Å². The number of ketones is 1. The summed E-state index contributed by atoms with van der Waals surface area (Å²) < 4.78 is 5.65. The highest BCUT2D eigenvalue weighted by molar-refractivity contribution is 5.99. The van der Waals surface area contributed by atoms with Gasteiger partial charge in [-0.1, -0.05) is 37.3 Å². The fraction of sp³-hybridized carbons (Fsp3) is 0.235. The molecule has 0 radical (unpaired) electrons. The Labute approximate surface area is 118 Å². The van der Waals surface area contributed by atoms with E-state index in [-0.39, 0.29) is 11.5 Å². The maximum absolute atomic E-state index is 11.7. The summed E-state index contributed by atoms with van der Waals surface area (Å²) in [5.41, 5.74) is 2.18. The summed E-state index contributed by atoms with van der Waals surface area (Å²) in [5, 5.41) is 9.97. The summed E-state index contributed by atoms with van der Waals surface area (Å²) in [5.74, 6) is 0.492. The van der Waals surface area contributed by atoms with Gasteiger partial charge in [0.25, 0.3) is 0 Å². The summed E-state index contributed by atoms with van der Waals surface area (Å²) in [7, 11) is 0. The zero-order valence-electron chi connectivity index (χ0n) is 11.7. The molecule has 0 bridgehead atoms. The third-order valence-corrected chi connectivity index (χ3v) is 3.14. The molecule has 0 saturated carbocycles. The van der Waals surface area contributed by atoms with Crippen molar-refractivity contribution in [1.82, 2.24) is 0 Å². The number of hydrogen-bond donors (Lipinski definition) is 1. The van der Waals surface area contributed by atoms with Gasteiger partial charge in [-0.3, -0.25) is 4.79 Å². The van der Waals surface area contributed by atoms with Crippen LogP contribution in [0.3, 0.4) is 0 Å². The average Bonchev–Trinajstić information content (AvgIpc) is 2.45. The molecule has 0 amide bonds. The summed E-state index contributed by atoms with van der Waals surface area (Å²) >= 11 is 0. The number of phenolic OH excluding ortho intramolecular Hbond substituents is 1. The molecule has 20 heavy (non-hydrogen) atoms. The molecule has 3 heteroatoms. The van der Waals surface area contributed by atoms with Crippen molar-refractivity contribution < 1.29 is 14.6 Å². The minimum absolute atomic E-state index is 0.0140. The lowest BCUT2D eigenvalue weighted by atomic mass is 10.0. The van der Waals surface area contributed by atoms with Crippen LogP contribution in [-0.4, -0.2) is 10.9 Å². The Kier molecular flexibility index (Phi) is 4.41. The molecule has 1 N–H and O–H groups in total. The zero-order chi connectivity index (χ0) is 14.5. The molecular formula is C17H18O3. The number of phenols is 1. The summed E-state index contributed by atoms with van der Waals surface area (Å²) in [6, 6.07) is 13.1. The van der Waals surface area contributed by atoms with E-state index in [0.717, 1.165) is 11.1 Å². The van der Waals surface area contributed by atoms with Gasteiger partial charge >= 0.3 is 0 Å². The molecule has 3 nitrogen and oxygen atoms in total. The third-order valence-electron chi connectivity index (χ3n) is 3.14. The molecule has 0 saturated heterocycles. The van der Waals surface area contributed by atoms with E-state index in [0.29, 0.717) is 24.3 Å². The van der Waals surface area contributed by atoms with Crippen LogP contribution < -0.4 is 4.74 Å².